The fraction of sp³-hybridized carbons (Fsp3) is 0.308. The molecule has 2 N–H and O–H groups in total. The first-order chi connectivity index (χ1) is 8.81. The number of anilines is 1. The molecule has 2 aromatic rings. The van der Waals surface area contributed by atoms with E-state index in [1.54, 1.807) is 27.0 Å². The van der Waals surface area contributed by atoms with E-state index < -0.39 is 10.0 Å². The third-order valence-electron chi connectivity index (χ3n) is 2.94. The predicted octanol–water partition coefficient (Wildman–Crippen LogP) is 2.44. The second-order valence-electron chi connectivity index (χ2n) is 4.76. The van der Waals surface area contributed by atoms with Crippen molar-refractivity contribution in [2.75, 3.05) is 4.72 Å². The number of aromatic amines is 1. The molecule has 0 saturated carbocycles. The summed E-state index contributed by atoms with van der Waals surface area (Å²) >= 11 is 0. The van der Waals surface area contributed by atoms with Gasteiger partial charge in [-0.25, -0.2) is 8.42 Å². The topological polar surface area (TPSA) is 74.8 Å². The summed E-state index contributed by atoms with van der Waals surface area (Å²) in [4.78, 5) is 0.326. The molecule has 0 atom stereocenters. The fourth-order valence-electron chi connectivity index (χ4n) is 2.23. The molecule has 2 rings (SSSR count). The van der Waals surface area contributed by atoms with E-state index in [2.05, 4.69) is 14.9 Å². The Kier molecular flexibility index (Phi) is 3.36. The van der Waals surface area contributed by atoms with Gasteiger partial charge >= 0.3 is 0 Å². The standard InChI is InChI=1S/C13H17N3O2S/c1-8-5-9(2)12(10(3)6-8)19(17,18)16-13-11(4)7-14-15-13/h5-7H,1-4H3,(H2,14,15,16). The van der Waals surface area contributed by atoms with Gasteiger partial charge < -0.3 is 0 Å². The number of sulfonamides is 1. The molecule has 1 aromatic heterocycles. The Morgan fingerprint density at radius 3 is 2.11 bits per heavy atom. The molecule has 0 unspecified atom stereocenters. The van der Waals surface area contributed by atoms with Crippen molar-refractivity contribution in [1.82, 2.24) is 10.2 Å². The van der Waals surface area contributed by atoms with Gasteiger partial charge in [0.05, 0.1) is 11.1 Å². The van der Waals surface area contributed by atoms with E-state index in [9.17, 15) is 8.42 Å². The third-order valence-corrected chi connectivity index (χ3v) is 4.59. The van der Waals surface area contributed by atoms with Gasteiger partial charge in [-0.15, -0.1) is 0 Å². The normalized spacial score (nSPS) is 11.6. The molecule has 6 heteroatoms. The lowest BCUT2D eigenvalue weighted by Gasteiger charge is -2.13. The molecular formula is C13H17N3O2S. The summed E-state index contributed by atoms with van der Waals surface area (Å²) in [6, 6.07) is 3.72. The highest BCUT2D eigenvalue weighted by Crippen LogP contribution is 2.24. The SMILES string of the molecule is Cc1cc(C)c(S(=O)(=O)Nc2[nH]ncc2C)c(C)c1. The molecule has 5 nitrogen and oxygen atoms in total. The quantitative estimate of drug-likeness (QED) is 0.906. The lowest BCUT2D eigenvalue weighted by atomic mass is 10.1. The van der Waals surface area contributed by atoms with Crippen molar-refractivity contribution < 1.29 is 8.42 Å². The van der Waals surface area contributed by atoms with Gasteiger partial charge in [0.25, 0.3) is 10.0 Å². The van der Waals surface area contributed by atoms with Gasteiger partial charge in [0.15, 0.2) is 0 Å². The minimum Gasteiger partial charge on any atom is -0.263 e. The van der Waals surface area contributed by atoms with Crippen molar-refractivity contribution in [3.8, 4) is 0 Å². The highest BCUT2D eigenvalue weighted by molar-refractivity contribution is 7.92. The van der Waals surface area contributed by atoms with Crippen molar-refractivity contribution >= 4 is 15.8 Å². The molecule has 0 bridgehead atoms. The Balaban J connectivity index is 2.49. The van der Waals surface area contributed by atoms with Gasteiger partial charge in [0, 0.05) is 5.56 Å². The van der Waals surface area contributed by atoms with Crippen LogP contribution in [0.2, 0.25) is 0 Å². The minimum atomic E-state index is -3.61. The summed E-state index contributed by atoms with van der Waals surface area (Å²) in [5.74, 6) is 0.402. The number of rotatable bonds is 3. The van der Waals surface area contributed by atoms with E-state index in [1.165, 1.54) is 0 Å². The van der Waals surface area contributed by atoms with Gasteiger partial charge in [0.1, 0.15) is 5.82 Å². The van der Waals surface area contributed by atoms with Crippen LogP contribution in [-0.4, -0.2) is 18.6 Å². The molecule has 19 heavy (non-hydrogen) atoms. The smallest absolute Gasteiger partial charge is 0.263 e. The van der Waals surface area contributed by atoms with Crippen molar-refractivity contribution in [2.24, 2.45) is 0 Å². The third kappa shape index (κ3) is 2.63. The van der Waals surface area contributed by atoms with E-state index in [0.717, 1.165) is 22.3 Å². The number of aryl methyl sites for hydroxylation is 4. The summed E-state index contributed by atoms with van der Waals surface area (Å²) in [5.41, 5.74) is 3.28. The predicted molar refractivity (Wildman–Crippen MR) is 74.8 cm³/mol. The first-order valence-electron chi connectivity index (χ1n) is 5.92. The van der Waals surface area contributed by atoms with E-state index >= 15 is 0 Å². The Bertz CT molecular complexity index is 694. The molecule has 0 fully saturated rings. The van der Waals surface area contributed by atoms with E-state index in [0.29, 0.717) is 10.7 Å². The number of H-pyrrole nitrogens is 1. The van der Waals surface area contributed by atoms with Crippen LogP contribution in [-0.2, 0) is 10.0 Å². The molecule has 0 amide bonds. The molecule has 0 saturated heterocycles. The average molecular weight is 279 g/mol. The van der Waals surface area contributed by atoms with Crippen LogP contribution in [0.3, 0.4) is 0 Å². The van der Waals surface area contributed by atoms with Crippen molar-refractivity contribution in [3.05, 3.63) is 40.6 Å². The van der Waals surface area contributed by atoms with Gasteiger partial charge in [-0.3, -0.25) is 9.82 Å². The second-order valence-corrected chi connectivity index (χ2v) is 6.38. The molecular weight excluding hydrogens is 262 g/mol. The molecule has 102 valence electrons. The summed E-state index contributed by atoms with van der Waals surface area (Å²) in [7, 11) is -3.61. The van der Waals surface area contributed by atoms with Gasteiger partial charge in [0.2, 0.25) is 0 Å². The maximum Gasteiger partial charge on any atom is 0.263 e. The van der Waals surface area contributed by atoms with Crippen LogP contribution < -0.4 is 4.72 Å². The molecule has 0 aliphatic heterocycles. The summed E-state index contributed by atoms with van der Waals surface area (Å²) in [5, 5.41) is 6.45. The number of hydrogen-bond acceptors (Lipinski definition) is 3. The summed E-state index contributed by atoms with van der Waals surface area (Å²) < 4.78 is 27.4. The Labute approximate surface area is 113 Å². The largest absolute Gasteiger partial charge is 0.263 e. The maximum atomic E-state index is 12.4. The van der Waals surface area contributed by atoms with E-state index in [1.807, 2.05) is 19.1 Å². The number of aromatic nitrogens is 2. The summed E-state index contributed by atoms with van der Waals surface area (Å²) in [6.07, 6.45) is 1.58. The van der Waals surface area contributed by atoms with Crippen LogP contribution in [0, 0.1) is 27.7 Å². The van der Waals surface area contributed by atoms with Crippen LogP contribution >= 0.6 is 0 Å². The van der Waals surface area contributed by atoms with Gasteiger partial charge in [-0.1, -0.05) is 17.7 Å². The van der Waals surface area contributed by atoms with Crippen molar-refractivity contribution in [3.63, 3.8) is 0 Å². The van der Waals surface area contributed by atoms with Crippen LogP contribution in [0.15, 0.2) is 23.2 Å². The van der Waals surface area contributed by atoms with Crippen LogP contribution in [0.4, 0.5) is 5.82 Å². The zero-order chi connectivity index (χ0) is 14.2. The Morgan fingerprint density at radius 1 is 1.05 bits per heavy atom. The highest BCUT2D eigenvalue weighted by atomic mass is 32.2. The van der Waals surface area contributed by atoms with Crippen LogP contribution in [0.25, 0.3) is 0 Å². The lowest BCUT2D eigenvalue weighted by molar-refractivity contribution is 0.599. The summed E-state index contributed by atoms with van der Waals surface area (Å²) in [6.45, 7) is 7.34. The van der Waals surface area contributed by atoms with Gasteiger partial charge in [-0.2, -0.15) is 5.10 Å². The van der Waals surface area contributed by atoms with Crippen molar-refractivity contribution in [2.45, 2.75) is 32.6 Å². The lowest BCUT2D eigenvalue weighted by Crippen LogP contribution is -2.16. The zero-order valence-electron chi connectivity index (χ0n) is 11.4. The van der Waals surface area contributed by atoms with Crippen molar-refractivity contribution in [1.29, 1.82) is 0 Å². The second kappa shape index (κ2) is 4.70. The number of nitrogens with one attached hydrogen (secondary N) is 2. The fourth-order valence-corrected chi connectivity index (χ4v) is 3.77. The molecule has 0 spiro atoms. The monoisotopic (exact) mass is 279 g/mol. The number of hydrogen-bond donors (Lipinski definition) is 2. The minimum absolute atomic E-state index is 0.326. The highest BCUT2D eigenvalue weighted by Gasteiger charge is 2.21. The van der Waals surface area contributed by atoms with E-state index in [-0.39, 0.29) is 0 Å². The Hall–Kier alpha value is -1.82. The van der Waals surface area contributed by atoms with Crippen LogP contribution in [0.5, 0.6) is 0 Å². The van der Waals surface area contributed by atoms with E-state index in [4.69, 9.17) is 0 Å². The first kappa shape index (κ1) is 13.6. The molecule has 0 aliphatic rings. The Morgan fingerprint density at radius 2 is 1.63 bits per heavy atom. The molecule has 1 aromatic carbocycles. The van der Waals surface area contributed by atoms with Crippen LogP contribution in [0.1, 0.15) is 22.3 Å². The maximum absolute atomic E-state index is 12.4. The molecule has 0 aliphatic carbocycles. The zero-order valence-corrected chi connectivity index (χ0v) is 12.2. The molecule has 0 radical (unpaired) electrons. The number of benzene rings is 1. The number of nitrogens with zero attached hydrogens (tertiary/aromatic N) is 1. The average Bonchev–Trinajstić information content (AvgIpc) is 2.61. The van der Waals surface area contributed by atoms with Gasteiger partial charge in [-0.05, 0) is 38.8 Å². The first-order valence-corrected chi connectivity index (χ1v) is 7.40. The molecule has 1 heterocycles.